The van der Waals surface area contributed by atoms with Crippen molar-refractivity contribution in [1.82, 2.24) is 9.88 Å². The monoisotopic (exact) mass is 277 g/mol. The molecule has 0 N–H and O–H groups in total. The van der Waals surface area contributed by atoms with E-state index in [0.29, 0.717) is 18.2 Å². The second kappa shape index (κ2) is 6.70. The van der Waals surface area contributed by atoms with Gasteiger partial charge in [0.2, 0.25) is 0 Å². The maximum Gasteiger partial charge on any atom is 0.341 e. The number of piperidine rings is 1. The van der Waals surface area contributed by atoms with Gasteiger partial charge in [-0.3, -0.25) is 4.98 Å². The summed E-state index contributed by atoms with van der Waals surface area (Å²) >= 11 is 0. The van der Waals surface area contributed by atoms with Crippen LogP contribution in [0, 0.1) is 0 Å². The van der Waals surface area contributed by atoms with Crippen molar-refractivity contribution >= 4 is 11.7 Å². The molecular formula is C15H23N3O2. The van der Waals surface area contributed by atoms with Gasteiger partial charge in [-0.25, -0.2) is 4.79 Å². The van der Waals surface area contributed by atoms with Gasteiger partial charge in [-0.1, -0.05) is 0 Å². The maximum absolute atomic E-state index is 12.0. The highest BCUT2D eigenvalue weighted by Crippen LogP contribution is 2.25. The second-order valence-corrected chi connectivity index (χ2v) is 5.32. The summed E-state index contributed by atoms with van der Waals surface area (Å²) in [6.45, 7) is 4.11. The van der Waals surface area contributed by atoms with Crippen LogP contribution in [-0.4, -0.2) is 55.7 Å². The van der Waals surface area contributed by atoms with E-state index in [0.717, 1.165) is 25.2 Å². The number of rotatable bonds is 4. The molecule has 0 radical (unpaired) electrons. The van der Waals surface area contributed by atoms with Gasteiger partial charge in [-0.2, -0.15) is 0 Å². The molecule has 1 aromatic heterocycles. The van der Waals surface area contributed by atoms with Crippen LogP contribution in [0.4, 0.5) is 5.69 Å². The first-order valence-corrected chi connectivity index (χ1v) is 7.16. The average molecular weight is 277 g/mol. The summed E-state index contributed by atoms with van der Waals surface area (Å²) in [5, 5.41) is 0. The number of likely N-dealkylation sites (N-methyl/N-ethyl adjacent to an activating group) is 1. The number of hydrogen-bond acceptors (Lipinski definition) is 5. The largest absolute Gasteiger partial charge is 0.462 e. The smallest absolute Gasteiger partial charge is 0.341 e. The maximum atomic E-state index is 12.0. The summed E-state index contributed by atoms with van der Waals surface area (Å²) in [5.74, 6) is -0.289. The van der Waals surface area contributed by atoms with E-state index < -0.39 is 0 Å². The second-order valence-electron chi connectivity index (χ2n) is 5.32. The molecule has 0 aromatic carbocycles. The van der Waals surface area contributed by atoms with Crippen molar-refractivity contribution in [1.29, 1.82) is 0 Å². The molecule has 1 aliphatic heterocycles. The number of esters is 1. The molecule has 0 amide bonds. The summed E-state index contributed by atoms with van der Waals surface area (Å²) in [7, 11) is 4.21. The Morgan fingerprint density at radius 3 is 3.05 bits per heavy atom. The van der Waals surface area contributed by atoms with Crippen molar-refractivity contribution < 1.29 is 9.53 Å². The molecule has 5 heteroatoms. The summed E-state index contributed by atoms with van der Waals surface area (Å²) in [6, 6.07) is 2.43. The van der Waals surface area contributed by atoms with Gasteiger partial charge in [0, 0.05) is 31.5 Å². The van der Waals surface area contributed by atoms with Gasteiger partial charge >= 0.3 is 5.97 Å². The van der Waals surface area contributed by atoms with Gasteiger partial charge in [0.05, 0.1) is 12.3 Å². The minimum Gasteiger partial charge on any atom is -0.462 e. The van der Waals surface area contributed by atoms with Gasteiger partial charge in [-0.15, -0.1) is 0 Å². The van der Waals surface area contributed by atoms with E-state index >= 15 is 0 Å². The Labute approximate surface area is 120 Å². The normalized spacial score (nSPS) is 19.2. The van der Waals surface area contributed by atoms with Crippen molar-refractivity contribution in [3.05, 3.63) is 24.0 Å². The van der Waals surface area contributed by atoms with Crippen LogP contribution in [0.15, 0.2) is 18.5 Å². The van der Waals surface area contributed by atoms with Gasteiger partial charge < -0.3 is 14.5 Å². The lowest BCUT2D eigenvalue weighted by atomic mass is 10.0. The Morgan fingerprint density at radius 1 is 1.55 bits per heavy atom. The van der Waals surface area contributed by atoms with E-state index in [-0.39, 0.29) is 5.97 Å². The Kier molecular flexibility index (Phi) is 4.95. The molecular weight excluding hydrogens is 254 g/mol. The highest BCUT2D eigenvalue weighted by Gasteiger charge is 2.25. The van der Waals surface area contributed by atoms with E-state index in [9.17, 15) is 4.79 Å². The number of hydrogen-bond donors (Lipinski definition) is 0. The van der Waals surface area contributed by atoms with E-state index in [4.69, 9.17) is 4.74 Å². The van der Waals surface area contributed by atoms with Crippen molar-refractivity contribution in [3.63, 3.8) is 0 Å². The summed E-state index contributed by atoms with van der Waals surface area (Å²) in [4.78, 5) is 20.6. The van der Waals surface area contributed by atoms with Crippen LogP contribution in [0.2, 0.25) is 0 Å². The van der Waals surface area contributed by atoms with Gasteiger partial charge in [0.1, 0.15) is 5.56 Å². The average Bonchev–Trinajstić information content (AvgIpc) is 2.47. The molecule has 0 unspecified atom stereocenters. The van der Waals surface area contributed by atoms with Crippen molar-refractivity contribution in [2.45, 2.75) is 25.8 Å². The van der Waals surface area contributed by atoms with Crippen LogP contribution < -0.4 is 4.90 Å². The molecule has 2 heterocycles. The predicted molar refractivity (Wildman–Crippen MR) is 79.1 cm³/mol. The van der Waals surface area contributed by atoms with Crippen molar-refractivity contribution in [2.75, 3.05) is 38.7 Å². The molecule has 2 rings (SSSR count). The van der Waals surface area contributed by atoms with E-state index in [1.165, 1.54) is 6.42 Å². The minimum atomic E-state index is -0.289. The number of pyridine rings is 1. The summed E-state index contributed by atoms with van der Waals surface area (Å²) in [6.07, 6.45) is 5.67. The van der Waals surface area contributed by atoms with Crippen LogP contribution >= 0.6 is 0 Å². The van der Waals surface area contributed by atoms with Crippen LogP contribution in [0.1, 0.15) is 30.1 Å². The van der Waals surface area contributed by atoms with Crippen molar-refractivity contribution in [3.8, 4) is 0 Å². The Balaban J connectivity index is 2.21. The molecule has 1 atom stereocenters. The lowest BCUT2D eigenvalue weighted by molar-refractivity contribution is 0.0526. The molecule has 5 nitrogen and oxygen atoms in total. The zero-order valence-electron chi connectivity index (χ0n) is 12.5. The first kappa shape index (κ1) is 14.8. The Morgan fingerprint density at radius 2 is 2.35 bits per heavy atom. The third-order valence-electron chi connectivity index (χ3n) is 3.76. The molecule has 1 aromatic rings. The van der Waals surface area contributed by atoms with E-state index in [2.05, 4.69) is 28.9 Å². The third-order valence-corrected chi connectivity index (χ3v) is 3.76. The van der Waals surface area contributed by atoms with Gasteiger partial charge in [0.25, 0.3) is 0 Å². The number of anilines is 1. The minimum absolute atomic E-state index is 0.289. The molecule has 0 spiro atoms. The molecule has 0 bridgehead atoms. The number of carbonyl (C=O) groups is 1. The van der Waals surface area contributed by atoms with Crippen LogP contribution in [0.25, 0.3) is 0 Å². The fourth-order valence-corrected chi connectivity index (χ4v) is 2.62. The highest BCUT2D eigenvalue weighted by atomic mass is 16.5. The number of nitrogens with zero attached hydrogens (tertiary/aromatic N) is 3. The molecule has 0 aliphatic carbocycles. The molecule has 20 heavy (non-hydrogen) atoms. The lowest BCUT2D eigenvalue weighted by Gasteiger charge is -2.38. The van der Waals surface area contributed by atoms with Crippen LogP contribution in [0.3, 0.4) is 0 Å². The molecule has 0 saturated carbocycles. The standard InChI is InChI=1S/C15H23N3O2/c1-4-20-15(19)13-10-16-8-7-14(13)18-9-5-6-12(11-18)17(2)3/h7-8,10,12H,4-6,9,11H2,1-3H3/t12-/m0/s1. The predicted octanol–water partition coefficient (Wildman–Crippen LogP) is 1.79. The molecule has 1 saturated heterocycles. The van der Waals surface area contributed by atoms with Gasteiger partial charge in [-0.05, 0) is 39.9 Å². The van der Waals surface area contributed by atoms with E-state index in [1.807, 2.05) is 13.0 Å². The lowest BCUT2D eigenvalue weighted by Crippen LogP contribution is -2.45. The zero-order chi connectivity index (χ0) is 14.5. The van der Waals surface area contributed by atoms with E-state index in [1.54, 1.807) is 12.4 Å². The first-order chi connectivity index (χ1) is 9.63. The quantitative estimate of drug-likeness (QED) is 0.785. The topological polar surface area (TPSA) is 45.7 Å². The van der Waals surface area contributed by atoms with Crippen LogP contribution in [0.5, 0.6) is 0 Å². The zero-order valence-corrected chi connectivity index (χ0v) is 12.5. The number of aromatic nitrogens is 1. The fourth-order valence-electron chi connectivity index (χ4n) is 2.62. The Hall–Kier alpha value is -1.62. The fraction of sp³-hybridized carbons (Fsp3) is 0.600. The molecule has 1 aliphatic rings. The number of ether oxygens (including phenoxy) is 1. The first-order valence-electron chi connectivity index (χ1n) is 7.16. The summed E-state index contributed by atoms with van der Waals surface area (Å²) in [5.41, 5.74) is 1.50. The number of carbonyl (C=O) groups excluding carboxylic acids is 1. The van der Waals surface area contributed by atoms with Crippen LogP contribution in [-0.2, 0) is 4.74 Å². The summed E-state index contributed by atoms with van der Waals surface area (Å²) < 4.78 is 5.12. The Bertz CT molecular complexity index is 462. The molecule has 110 valence electrons. The van der Waals surface area contributed by atoms with Crippen molar-refractivity contribution in [2.24, 2.45) is 0 Å². The highest BCUT2D eigenvalue weighted by molar-refractivity contribution is 5.95. The third kappa shape index (κ3) is 3.28. The SMILES string of the molecule is CCOC(=O)c1cnccc1N1CCC[C@H](N(C)C)C1. The van der Waals surface area contributed by atoms with Gasteiger partial charge in [0.15, 0.2) is 0 Å². The molecule has 1 fully saturated rings.